The lowest BCUT2D eigenvalue weighted by Crippen LogP contribution is -2.34. The number of benzene rings is 1. The highest BCUT2D eigenvalue weighted by atomic mass is 35.5. The topological polar surface area (TPSA) is 44.4 Å². The molecule has 1 aliphatic heterocycles. The Labute approximate surface area is 138 Å². The van der Waals surface area contributed by atoms with Crippen LogP contribution in [0.5, 0.6) is 0 Å². The summed E-state index contributed by atoms with van der Waals surface area (Å²) in [5.41, 5.74) is 1.63. The van der Waals surface area contributed by atoms with E-state index in [0.717, 1.165) is 24.5 Å². The molecular formula is C17H26ClN3O. The molecule has 0 spiro atoms. The lowest BCUT2D eigenvalue weighted by molar-refractivity contribution is -0.117. The highest BCUT2D eigenvalue weighted by Crippen LogP contribution is 2.33. The molecule has 2 atom stereocenters. The summed E-state index contributed by atoms with van der Waals surface area (Å²) in [6.45, 7) is 4.29. The Balaban J connectivity index is 1.98. The van der Waals surface area contributed by atoms with Crippen molar-refractivity contribution in [1.29, 1.82) is 0 Å². The molecule has 0 radical (unpaired) electrons. The molecule has 1 heterocycles. The zero-order chi connectivity index (χ0) is 16.1. The van der Waals surface area contributed by atoms with Gasteiger partial charge in [-0.3, -0.25) is 4.79 Å². The molecule has 1 saturated heterocycles. The number of halogens is 1. The number of carbonyl (C=O) groups is 1. The van der Waals surface area contributed by atoms with Crippen LogP contribution in [0, 0.1) is 11.8 Å². The van der Waals surface area contributed by atoms with Gasteiger partial charge in [-0.05, 0) is 49.9 Å². The van der Waals surface area contributed by atoms with Crippen molar-refractivity contribution < 1.29 is 4.79 Å². The van der Waals surface area contributed by atoms with Gasteiger partial charge in [0.05, 0.1) is 16.4 Å². The van der Waals surface area contributed by atoms with E-state index >= 15 is 0 Å². The van der Waals surface area contributed by atoms with Gasteiger partial charge in [-0.1, -0.05) is 24.6 Å². The van der Waals surface area contributed by atoms with Crippen molar-refractivity contribution >= 4 is 28.9 Å². The van der Waals surface area contributed by atoms with Gasteiger partial charge < -0.3 is 15.5 Å². The number of anilines is 2. The van der Waals surface area contributed by atoms with Gasteiger partial charge in [0, 0.05) is 20.5 Å². The van der Waals surface area contributed by atoms with E-state index in [1.807, 2.05) is 37.2 Å². The minimum absolute atomic E-state index is 0.0587. The zero-order valence-corrected chi connectivity index (χ0v) is 14.4. The minimum Gasteiger partial charge on any atom is -0.375 e. The number of carbonyl (C=O) groups excluding carboxylic acids is 1. The molecule has 0 aliphatic carbocycles. The average molecular weight is 324 g/mol. The molecule has 2 rings (SSSR count). The predicted octanol–water partition coefficient (Wildman–Crippen LogP) is 3.37. The van der Waals surface area contributed by atoms with Crippen molar-refractivity contribution in [2.24, 2.45) is 11.8 Å². The quantitative estimate of drug-likeness (QED) is 0.873. The molecule has 122 valence electrons. The van der Waals surface area contributed by atoms with Gasteiger partial charge >= 0.3 is 0 Å². The molecule has 1 amide bonds. The second-order valence-electron chi connectivity index (χ2n) is 6.37. The fourth-order valence-electron chi connectivity index (χ4n) is 3.10. The van der Waals surface area contributed by atoms with Crippen LogP contribution in [0.2, 0.25) is 5.02 Å². The molecule has 4 nitrogen and oxygen atoms in total. The third-order valence-corrected chi connectivity index (χ3v) is 4.66. The Morgan fingerprint density at radius 2 is 2.27 bits per heavy atom. The first-order chi connectivity index (χ1) is 10.5. The maximum Gasteiger partial charge on any atom is 0.224 e. The fraction of sp³-hybridized carbons (Fsp3) is 0.588. The Kier molecular flexibility index (Phi) is 6.09. The molecule has 1 aromatic rings. The molecule has 0 bridgehead atoms. The van der Waals surface area contributed by atoms with Gasteiger partial charge in [0.25, 0.3) is 0 Å². The lowest BCUT2D eigenvalue weighted by Gasteiger charge is -2.28. The van der Waals surface area contributed by atoms with Crippen LogP contribution in [0.3, 0.4) is 0 Å². The van der Waals surface area contributed by atoms with Crippen LogP contribution in [-0.4, -0.2) is 33.1 Å². The largest absolute Gasteiger partial charge is 0.375 e. The molecule has 0 saturated carbocycles. The molecule has 0 aromatic heterocycles. The number of hydrogen-bond acceptors (Lipinski definition) is 3. The summed E-state index contributed by atoms with van der Waals surface area (Å²) in [5.74, 6) is 1.03. The molecule has 2 unspecified atom stereocenters. The summed E-state index contributed by atoms with van der Waals surface area (Å²) >= 11 is 6.23. The highest BCUT2D eigenvalue weighted by molar-refractivity contribution is 6.34. The molecular weight excluding hydrogens is 298 g/mol. The molecule has 1 aromatic carbocycles. The third-order valence-electron chi connectivity index (χ3n) is 4.36. The van der Waals surface area contributed by atoms with Gasteiger partial charge in [-0.15, -0.1) is 0 Å². The third kappa shape index (κ3) is 4.37. The summed E-state index contributed by atoms with van der Waals surface area (Å²) in [4.78, 5) is 14.3. The SMILES string of the molecule is CC(CC(=O)Nc1cccc(Cl)c1N(C)C)C1CCCNC1. The Morgan fingerprint density at radius 1 is 1.50 bits per heavy atom. The van der Waals surface area contributed by atoms with Crippen LogP contribution in [0.4, 0.5) is 11.4 Å². The standard InChI is InChI=1S/C17H26ClN3O/c1-12(13-6-5-9-19-11-13)10-16(22)20-15-8-4-7-14(18)17(15)21(2)3/h4,7-8,12-13,19H,5-6,9-11H2,1-3H3,(H,20,22). The number of nitrogens with one attached hydrogen (secondary N) is 2. The monoisotopic (exact) mass is 323 g/mol. The van der Waals surface area contributed by atoms with Crippen LogP contribution >= 0.6 is 11.6 Å². The van der Waals surface area contributed by atoms with E-state index in [2.05, 4.69) is 17.6 Å². The van der Waals surface area contributed by atoms with E-state index in [1.165, 1.54) is 12.8 Å². The second-order valence-corrected chi connectivity index (χ2v) is 6.77. The molecule has 1 aliphatic rings. The molecule has 2 N–H and O–H groups in total. The number of piperidine rings is 1. The highest BCUT2D eigenvalue weighted by Gasteiger charge is 2.22. The van der Waals surface area contributed by atoms with E-state index in [1.54, 1.807) is 0 Å². The first-order valence-electron chi connectivity index (χ1n) is 7.95. The number of para-hydroxylation sites is 1. The normalized spacial score (nSPS) is 19.5. The Hall–Kier alpha value is -1.26. The van der Waals surface area contributed by atoms with Crippen LogP contribution in [0.1, 0.15) is 26.2 Å². The Morgan fingerprint density at radius 3 is 2.91 bits per heavy atom. The van der Waals surface area contributed by atoms with Gasteiger partial charge in [0.2, 0.25) is 5.91 Å². The van der Waals surface area contributed by atoms with Crippen LogP contribution in [0.25, 0.3) is 0 Å². The number of nitrogens with zero attached hydrogens (tertiary/aromatic N) is 1. The maximum absolute atomic E-state index is 12.4. The van der Waals surface area contributed by atoms with E-state index in [-0.39, 0.29) is 5.91 Å². The van der Waals surface area contributed by atoms with Gasteiger partial charge in [0.1, 0.15) is 0 Å². The van der Waals surface area contributed by atoms with E-state index in [4.69, 9.17) is 11.6 Å². The van der Waals surface area contributed by atoms with E-state index < -0.39 is 0 Å². The summed E-state index contributed by atoms with van der Waals surface area (Å²) in [6.07, 6.45) is 2.96. The van der Waals surface area contributed by atoms with Crippen molar-refractivity contribution in [2.45, 2.75) is 26.2 Å². The van der Waals surface area contributed by atoms with Crippen molar-refractivity contribution in [1.82, 2.24) is 5.32 Å². The second kappa shape index (κ2) is 7.84. The number of amides is 1. The van der Waals surface area contributed by atoms with Crippen LogP contribution in [-0.2, 0) is 4.79 Å². The molecule has 5 heteroatoms. The van der Waals surface area contributed by atoms with Gasteiger partial charge in [0.15, 0.2) is 0 Å². The van der Waals surface area contributed by atoms with Crippen molar-refractivity contribution in [3.05, 3.63) is 23.2 Å². The number of rotatable bonds is 5. The zero-order valence-electron chi connectivity index (χ0n) is 13.7. The van der Waals surface area contributed by atoms with Crippen molar-refractivity contribution in [3.8, 4) is 0 Å². The lowest BCUT2D eigenvalue weighted by atomic mass is 9.85. The predicted molar refractivity (Wildman–Crippen MR) is 93.8 cm³/mol. The number of hydrogen-bond donors (Lipinski definition) is 2. The fourth-order valence-corrected chi connectivity index (χ4v) is 3.44. The Bertz CT molecular complexity index is 513. The van der Waals surface area contributed by atoms with Crippen LogP contribution < -0.4 is 15.5 Å². The summed E-state index contributed by atoms with van der Waals surface area (Å²) in [5, 5.41) is 7.08. The first-order valence-corrected chi connectivity index (χ1v) is 8.33. The van der Waals surface area contributed by atoms with Gasteiger partial charge in [-0.2, -0.15) is 0 Å². The first kappa shape index (κ1) is 17.1. The molecule has 1 fully saturated rings. The van der Waals surface area contributed by atoms with E-state index in [9.17, 15) is 4.79 Å². The van der Waals surface area contributed by atoms with Crippen molar-refractivity contribution in [3.63, 3.8) is 0 Å². The minimum atomic E-state index is 0.0587. The van der Waals surface area contributed by atoms with Crippen LogP contribution in [0.15, 0.2) is 18.2 Å². The maximum atomic E-state index is 12.4. The van der Waals surface area contributed by atoms with Gasteiger partial charge in [-0.25, -0.2) is 0 Å². The van der Waals surface area contributed by atoms with Crippen molar-refractivity contribution in [2.75, 3.05) is 37.4 Å². The molecule has 22 heavy (non-hydrogen) atoms. The smallest absolute Gasteiger partial charge is 0.224 e. The average Bonchev–Trinajstić information content (AvgIpc) is 2.47. The summed E-state index contributed by atoms with van der Waals surface area (Å²) in [6, 6.07) is 5.59. The summed E-state index contributed by atoms with van der Waals surface area (Å²) in [7, 11) is 3.85. The van der Waals surface area contributed by atoms with E-state index in [0.29, 0.717) is 23.3 Å². The summed E-state index contributed by atoms with van der Waals surface area (Å²) < 4.78 is 0.